The van der Waals surface area contributed by atoms with Crippen molar-refractivity contribution in [3.63, 3.8) is 0 Å². The standard InChI is InChI=1S/C11H11BrN2O3/c12-9(7-4-2-1-3-5-7)11(17)10(16)13-6-8(15)14-11/h1-5,9,17H,6H2,(H,13,16)(H,14,15). The molecular formula is C11H11BrN2O3. The Bertz CT molecular complexity index is 451. The molecule has 0 radical (unpaired) electrons. The van der Waals surface area contributed by atoms with Gasteiger partial charge in [0.2, 0.25) is 11.6 Å². The fraction of sp³-hybridized carbons (Fsp3) is 0.273. The molecule has 2 unspecified atom stereocenters. The van der Waals surface area contributed by atoms with Gasteiger partial charge in [0.15, 0.2) is 0 Å². The summed E-state index contributed by atoms with van der Waals surface area (Å²) < 4.78 is 0. The molecule has 0 aromatic heterocycles. The maximum Gasteiger partial charge on any atom is 0.275 e. The van der Waals surface area contributed by atoms with Gasteiger partial charge < -0.3 is 15.7 Å². The van der Waals surface area contributed by atoms with Gasteiger partial charge in [0.25, 0.3) is 5.91 Å². The summed E-state index contributed by atoms with van der Waals surface area (Å²) in [7, 11) is 0. The summed E-state index contributed by atoms with van der Waals surface area (Å²) in [6.07, 6.45) is 0. The van der Waals surface area contributed by atoms with Gasteiger partial charge >= 0.3 is 0 Å². The van der Waals surface area contributed by atoms with Crippen molar-refractivity contribution in [2.75, 3.05) is 6.54 Å². The number of aliphatic hydroxyl groups is 1. The molecule has 2 rings (SSSR count). The lowest BCUT2D eigenvalue weighted by molar-refractivity contribution is -0.154. The van der Waals surface area contributed by atoms with Gasteiger partial charge in [-0.1, -0.05) is 46.3 Å². The van der Waals surface area contributed by atoms with E-state index in [4.69, 9.17) is 0 Å². The number of carbonyl (C=O) groups excluding carboxylic acids is 2. The number of nitrogens with one attached hydrogen (secondary N) is 2. The van der Waals surface area contributed by atoms with Gasteiger partial charge in [0.1, 0.15) is 0 Å². The Labute approximate surface area is 106 Å². The summed E-state index contributed by atoms with van der Waals surface area (Å²) in [5.74, 6) is -1.05. The zero-order valence-electron chi connectivity index (χ0n) is 8.81. The first-order valence-corrected chi connectivity index (χ1v) is 5.96. The first-order chi connectivity index (χ1) is 8.04. The minimum atomic E-state index is -1.96. The normalized spacial score (nSPS) is 26.0. The van der Waals surface area contributed by atoms with Crippen molar-refractivity contribution in [1.82, 2.24) is 10.6 Å². The van der Waals surface area contributed by atoms with Crippen LogP contribution in [0.2, 0.25) is 0 Å². The van der Waals surface area contributed by atoms with Gasteiger partial charge in [0.05, 0.1) is 11.4 Å². The Hall–Kier alpha value is -1.40. The molecule has 1 aromatic rings. The second-order valence-corrected chi connectivity index (χ2v) is 4.69. The lowest BCUT2D eigenvalue weighted by Crippen LogP contribution is -2.67. The number of piperazine rings is 1. The molecule has 17 heavy (non-hydrogen) atoms. The summed E-state index contributed by atoms with van der Waals surface area (Å²) in [6, 6.07) is 8.91. The lowest BCUT2D eigenvalue weighted by Gasteiger charge is -2.35. The minimum absolute atomic E-state index is 0.115. The average molecular weight is 299 g/mol. The largest absolute Gasteiger partial charge is 0.362 e. The summed E-state index contributed by atoms with van der Waals surface area (Å²) >= 11 is 3.25. The number of halogens is 1. The number of carbonyl (C=O) groups is 2. The van der Waals surface area contributed by atoms with Crippen molar-refractivity contribution in [3.8, 4) is 0 Å². The molecule has 2 amide bonds. The van der Waals surface area contributed by atoms with Crippen LogP contribution in [-0.4, -0.2) is 29.2 Å². The summed E-state index contributed by atoms with van der Waals surface area (Å²) in [4.78, 5) is 22.2. The SMILES string of the molecule is O=C1CNC(=O)C(O)(C(Br)c2ccccc2)N1. The van der Waals surface area contributed by atoms with Crippen molar-refractivity contribution in [2.24, 2.45) is 0 Å². The number of amides is 2. The molecule has 0 saturated carbocycles. The van der Waals surface area contributed by atoms with Crippen molar-refractivity contribution in [2.45, 2.75) is 10.6 Å². The summed E-state index contributed by atoms with van der Waals surface area (Å²) in [5, 5.41) is 14.9. The van der Waals surface area contributed by atoms with E-state index >= 15 is 0 Å². The maximum atomic E-state index is 11.7. The van der Waals surface area contributed by atoms with Crippen LogP contribution in [-0.2, 0) is 9.59 Å². The first kappa shape index (κ1) is 12.1. The van der Waals surface area contributed by atoms with Crippen LogP contribution in [0.5, 0.6) is 0 Å². The van der Waals surface area contributed by atoms with Crippen LogP contribution in [0.25, 0.3) is 0 Å². The molecule has 1 saturated heterocycles. The van der Waals surface area contributed by atoms with E-state index in [1.807, 2.05) is 6.07 Å². The summed E-state index contributed by atoms with van der Waals surface area (Å²) in [5.41, 5.74) is -1.26. The third-order valence-electron chi connectivity index (χ3n) is 2.54. The Morgan fingerprint density at radius 3 is 2.59 bits per heavy atom. The van der Waals surface area contributed by atoms with Gasteiger partial charge in [-0.15, -0.1) is 0 Å². The maximum absolute atomic E-state index is 11.7. The monoisotopic (exact) mass is 298 g/mol. The fourth-order valence-corrected chi connectivity index (χ4v) is 2.28. The van der Waals surface area contributed by atoms with E-state index in [9.17, 15) is 14.7 Å². The van der Waals surface area contributed by atoms with Crippen LogP contribution in [0.15, 0.2) is 30.3 Å². The predicted molar refractivity (Wildman–Crippen MR) is 64.2 cm³/mol. The molecule has 0 spiro atoms. The second-order valence-electron chi connectivity index (χ2n) is 3.77. The van der Waals surface area contributed by atoms with E-state index in [1.165, 1.54) is 0 Å². The van der Waals surface area contributed by atoms with Gasteiger partial charge in [-0.2, -0.15) is 0 Å². The van der Waals surface area contributed by atoms with E-state index in [2.05, 4.69) is 26.6 Å². The number of hydrogen-bond acceptors (Lipinski definition) is 3. The quantitative estimate of drug-likeness (QED) is 0.676. The number of rotatable bonds is 2. The van der Waals surface area contributed by atoms with Gasteiger partial charge in [-0.25, -0.2) is 0 Å². The molecule has 1 aliphatic heterocycles. The van der Waals surface area contributed by atoms with Crippen molar-refractivity contribution >= 4 is 27.7 Å². The van der Waals surface area contributed by atoms with Gasteiger partial charge in [-0.3, -0.25) is 9.59 Å². The van der Waals surface area contributed by atoms with E-state index in [1.54, 1.807) is 24.3 Å². The van der Waals surface area contributed by atoms with E-state index in [0.717, 1.165) is 0 Å². The van der Waals surface area contributed by atoms with E-state index in [0.29, 0.717) is 5.56 Å². The number of alkyl halides is 1. The highest BCUT2D eigenvalue weighted by atomic mass is 79.9. The molecule has 0 aliphatic carbocycles. The van der Waals surface area contributed by atoms with Crippen LogP contribution in [0, 0.1) is 0 Å². The Morgan fingerprint density at radius 1 is 1.29 bits per heavy atom. The number of benzene rings is 1. The van der Waals surface area contributed by atoms with Crippen molar-refractivity contribution in [3.05, 3.63) is 35.9 Å². The van der Waals surface area contributed by atoms with Crippen LogP contribution >= 0.6 is 15.9 Å². The predicted octanol–water partition coefficient (Wildman–Crippen LogP) is 0.0572. The second kappa shape index (κ2) is 4.46. The third-order valence-corrected chi connectivity index (χ3v) is 3.74. The van der Waals surface area contributed by atoms with Crippen LogP contribution in [0.3, 0.4) is 0 Å². The Morgan fingerprint density at radius 2 is 1.94 bits per heavy atom. The topological polar surface area (TPSA) is 78.4 Å². The molecule has 6 heteroatoms. The molecule has 1 aliphatic rings. The lowest BCUT2D eigenvalue weighted by atomic mass is 10.00. The van der Waals surface area contributed by atoms with E-state index < -0.39 is 22.4 Å². The van der Waals surface area contributed by atoms with Crippen LogP contribution in [0.1, 0.15) is 10.4 Å². The fourth-order valence-electron chi connectivity index (χ4n) is 1.65. The molecule has 1 heterocycles. The molecule has 2 atom stereocenters. The highest BCUT2D eigenvalue weighted by Crippen LogP contribution is 2.33. The summed E-state index contributed by atoms with van der Waals surface area (Å²) in [6.45, 7) is -0.115. The highest BCUT2D eigenvalue weighted by Gasteiger charge is 2.47. The highest BCUT2D eigenvalue weighted by molar-refractivity contribution is 9.09. The zero-order chi connectivity index (χ0) is 12.5. The van der Waals surface area contributed by atoms with Gasteiger partial charge in [0, 0.05) is 0 Å². The molecule has 5 nitrogen and oxygen atoms in total. The van der Waals surface area contributed by atoms with Crippen molar-refractivity contribution in [1.29, 1.82) is 0 Å². The molecule has 1 aromatic carbocycles. The smallest absolute Gasteiger partial charge is 0.275 e. The van der Waals surface area contributed by atoms with Gasteiger partial charge in [-0.05, 0) is 5.56 Å². The van der Waals surface area contributed by atoms with Crippen molar-refractivity contribution < 1.29 is 14.7 Å². The third kappa shape index (κ3) is 2.18. The van der Waals surface area contributed by atoms with E-state index in [-0.39, 0.29) is 6.54 Å². The Balaban J connectivity index is 2.31. The van der Waals surface area contributed by atoms with Crippen LogP contribution < -0.4 is 10.6 Å². The number of hydrogen-bond donors (Lipinski definition) is 3. The average Bonchev–Trinajstić information content (AvgIpc) is 2.34. The molecule has 3 N–H and O–H groups in total. The molecule has 0 bridgehead atoms. The zero-order valence-corrected chi connectivity index (χ0v) is 10.4. The Kier molecular flexibility index (Phi) is 3.17. The minimum Gasteiger partial charge on any atom is -0.362 e. The molecule has 90 valence electrons. The van der Waals surface area contributed by atoms with Crippen LogP contribution in [0.4, 0.5) is 0 Å². The first-order valence-electron chi connectivity index (χ1n) is 5.05. The molecular weight excluding hydrogens is 288 g/mol. The molecule has 1 fully saturated rings.